The van der Waals surface area contributed by atoms with Gasteiger partial charge in [-0.3, -0.25) is 4.57 Å². The Morgan fingerprint density at radius 1 is 1.73 bits per heavy atom. The Bertz CT molecular complexity index is 405. The lowest BCUT2D eigenvalue weighted by atomic mass is 10.2. The summed E-state index contributed by atoms with van der Waals surface area (Å²) in [6.07, 6.45) is 1.74. The lowest BCUT2D eigenvalue weighted by molar-refractivity contribution is 0.0574. The van der Waals surface area contributed by atoms with Gasteiger partial charge in [0.05, 0.1) is 25.4 Å². The van der Waals surface area contributed by atoms with E-state index in [0.29, 0.717) is 13.0 Å². The van der Waals surface area contributed by atoms with Gasteiger partial charge in [-0.1, -0.05) is 0 Å². The third kappa shape index (κ3) is 1.97. The number of aliphatic hydroxyl groups is 1. The molecule has 15 heavy (non-hydrogen) atoms. The van der Waals surface area contributed by atoms with Crippen LogP contribution in [0.5, 0.6) is 0 Å². The van der Waals surface area contributed by atoms with Gasteiger partial charge in [0.1, 0.15) is 6.33 Å². The van der Waals surface area contributed by atoms with Crippen LogP contribution in [0.15, 0.2) is 11.1 Å². The van der Waals surface area contributed by atoms with Gasteiger partial charge >= 0.3 is 5.69 Å². The second kappa shape index (κ2) is 3.95. The molecule has 82 valence electrons. The van der Waals surface area contributed by atoms with Crippen LogP contribution in [0.1, 0.15) is 12.5 Å². The summed E-state index contributed by atoms with van der Waals surface area (Å²) in [6.45, 7) is 0.347. The second-order valence-corrected chi connectivity index (χ2v) is 3.43. The van der Waals surface area contributed by atoms with Crippen molar-refractivity contribution in [2.45, 2.75) is 18.6 Å². The van der Waals surface area contributed by atoms with E-state index in [0.717, 1.165) is 0 Å². The highest BCUT2D eigenvalue weighted by atomic mass is 16.5. The first kappa shape index (κ1) is 10.1. The topological polar surface area (TPSA) is 103 Å². The zero-order valence-corrected chi connectivity index (χ0v) is 8.04. The van der Waals surface area contributed by atoms with Crippen molar-refractivity contribution < 1.29 is 9.84 Å². The number of rotatable bonds is 2. The molecule has 2 atom stereocenters. The van der Waals surface area contributed by atoms with E-state index in [4.69, 9.17) is 15.6 Å². The number of nitrogens with zero attached hydrogens (tertiary/aromatic N) is 3. The van der Waals surface area contributed by atoms with E-state index in [2.05, 4.69) is 9.97 Å². The van der Waals surface area contributed by atoms with Gasteiger partial charge in [0.15, 0.2) is 0 Å². The van der Waals surface area contributed by atoms with Crippen LogP contribution in [-0.2, 0) is 4.74 Å². The minimum atomic E-state index is -0.435. The summed E-state index contributed by atoms with van der Waals surface area (Å²) in [4.78, 5) is 18.7. The van der Waals surface area contributed by atoms with Gasteiger partial charge in [0.25, 0.3) is 0 Å². The Kier molecular flexibility index (Phi) is 2.65. The van der Waals surface area contributed by atoms with E-state index in [1.807, 2.05) is 0 Å². The molecule has 0 aliphatic carbocycles. The Morgan fingerprint density at radius 2 is 2.53 bits per heavy atom. The average molecular weight is 212 g/mol. The van der Waals surface area contributed by atoms with Crippen LogP contribution in [0, 0.1) is 0 Å². The molecule has 0 amide bonds. The van der Waals surface area contributed by atoms with Crippen LogP contribution < -0.4 is 11.4 Å². The number of ether oxygens (including phenoxy) is 1. The monoisotopic (exact) mass is 212 g/mol. The highest BCUT2D eigenvalue weighted by Crippen LogP contribution is 2.22. The van der Waals surface area contributed by atoms with Gasteiger partial charge in [-0.2, -0.15) is 4.98 Å². The van der Waals surface area contributed by atoms with Crippen molar-refractivity contribution in [1.82, 2.24) is 14.5 Å². The SMILES string of the molecule is Nc1ncn([C@@H]2CO[C@H](CO)C2)c(=O)n1. The highest BCUT2D eigenvalue weighted by molar-refractivity contribution is 5.10. The first-order valence-corrected chi connectivity index (χ1v) is 4.64. The molecule has 1 saturated heterocycles. The van der Waals surface area contributed by atoms with Crippen LogP contribution >= 0.6 is 0 Å². The summed E-state index contributed by atoms with van der Waals surface area (Å²) in [7, 11) is 0. The molecule has 0 radical (unpaired) electrons. The normalized spacial score (nSPS) is 25.7. The average Bonchev–Trinajstić information content (AvgIpc) is 2.66. The number of anilines is 1. The Morgan fingerprint density at radius 3 is 3.13 bits per heavy atom. The maximum atomic E-state index is 11.4. The van der Waals surface area contributed by atoms with E-state index in [9.17, 15) is 4.79 Å². The fourth-order valence-electron chi connectivity index (χ4n) is 1.61. The highest BCUT2D eigenvalue weighted by Gasteiger charge is 2.27. The number of aromatic nitrogens is 3. The summed E-state index contributed by atoms with van der Waals surface area (Å²) < 4.78 is 6.64. The van der Waals surface area contributed by atoms with Crippen molar-refractivity contribution in [3.05, 3.63) is 16.8 Å². The molecule has 2 heterocycles. The molecule has 1 aromatic heterocycles. The van der Waals surface area contributed by atoms with Gasteiger partial charge in [-0.15, -0.1) is 0 Å². The zero-order chi connectivity index (χ0) is 10.8. The Hall–Kier alpha value is -1.47. The zero-order valence-electron chi connectivity index (χ0n) is 8.04. The van der Waals surface area contributed by atoms with Gasteiger partial charge in [-0.05, 0) is 6.42 Å². The molecule has 7 heteroatoms. The third-order valence-corrected chi connectivity index (χ3v) is 2.40. The lowest BCUT2D eigenvalue weighted by Crippen LogP contribution is -2.28. The predicted molar refractivity (Wildman–Crippen MR) is 51.2 cm³/mol. The summed E-state index contributed by atoms with van der Waals surface area (Å²) in [6, 6.07) is -0.116. The fraction of sp³-hybridized carbons (Fsp3) is 0.625. The maximum absolute atomic E-state index is 11.4. The van der Waals surface area contributed by atoms with Crippen molar-refractivity contribution in [2.24, 2.45) is 0 Å². The minimum Gasteiger partial charge on any atom is -0.394 e. The predicted octanol–water partition coefficient (Wildman–Crippen LogP) is -1.46. The quantitative estimate of drug-likeness (QED) is 0.621. The Labute approximate surface area is 85.5 Å². The van der Waals surface area contributed by atoms with Crippen molar-refractivity contribution in [2.75, 3.05) is 18.9 Å². The molecule has 1 aliphatic heterocycles. The van der Waals surface area contributed by atoms with Crippen molar-refractivity contribution in [3.63, 3.8) is 0 Å². The number of aliphatic hydroxyl groups excluding tert-OH is 1. The van der Waals surface area contributed by atoms with Crippen molar-refractivity contribution in [1.29, 1.82) is 0 Å². The van der Waals surface area contributed by atoms with Crippen LogP contribution in [0.4, 0.5) is 5.95 Å². The molecule has 0 spiro atoms. The van der Waals surface area contributed by atoms with E-state index in [-0.39, 0.29) is 24.7 Å². The maximum Gasteiger partial charge on any atom is 0.352 e. The van der Waals surface area contributed by atoms with Gasteiger partial charge in [-0.25, -0.2) is 9.78 Å². The molecule has 1 aliphatic rings. The van der Waals surface area contributed by atoms with Crippen molar-refractivity contribution >= 4 is 5.95 Å². The van der Waals surface area contributed by atoms with Gasteiger partial charge in [0.2, 0.25) is 5.95 Å². The molecular weight excluding hydrogens is 200 g/mol. The van der Waals surface area contributed by atoms with E-state index in [1.54, 1.807) is 0 Å². The molecule has 0 bridgehead atoms. The second-order valence-electron chi connectivity index (χ2n) is 3.43. The van der Waals surface area contributed by atoms with Crippen LogP contribution in [0.25, 0.3) is 0 Å². The van der Waals surface area contributed by atoms with Crippen LogP contribution in [0.3, 0.4) is 0 Å². The number of nitrogens with two attached hydrogens (primary N) is 1. The standard InChI is InChI=1S/C8H12N4O3/c9-7-10-4-12(8(14)11-7)5-1-6(2-13)15-3-5/h4-6,13H,1-3H2,(H2,9,11,14)/t5-,6-/m0/s1. The first-order valence-electron chi connectivity index (χ1n) is 4.64. The van der Waals surface area contributed by atoms with Crippen LogP contribution in [0.2, 0.25) is 0 Å². The summed E-state index contributed by atoms with van der Waals surface area (Å²) >= 11 is 0. The number of nitrogen functional groups attached to an aromatic ring is 1. The van der Waals surface area contributed by atoms with E-state index >= 15 is 0 Å². The molecule has 0 saturated carbocycles. The molecule has 1 fully saturated rings. The molecule has 1 aromatic rings. The lowest BCUT2D eigenvalue weighted by Gasteiger charge is -2.10. The summed E-state index contributed by atoms with van der Waals surface area (Å²) in [5, 5.41) is 8.88. The van der Waals surface area contributed by atoms with Crippen molar-refractivity contribution in [3.8, 4) is 0 Å². The Balaban J connectivity index is 2.20. The third-order valence-electron chi connectivity index (χ3n) is 2.40. The summed E-state index contributed by atoms with van der Waals surface area (Å²) in [5.41, 5.74) is 4.84. The number of hydrogen-bond acceptors (Lipinski definition) is 6. The van der Waals surface area contributed by atoms with Gasteiger partial charge in [0, 0.05) is 0 Å². The van der Waals surface area contributed by atoms with Gasteiger partial charge < -0.3 is 15.6 Å². The largest absolute Gasteiger partial charge is 0.394 e. The van der Waals surface area contributed by atoms with Crippen LogP contribution in [-0.4, -0.2) is 39.0 Å². The molecule has 7 nitrogen and oxygen atoms in total. The fourth-order valence-corrected chi connectivity index (χ4v) is 1.61. The first-order chi connectivity index (χ1) is 7.20. The summed E-state index contributed by atoms with van der Waals surface area (Å²) in [5.74, 6) is -0.0335. The number of hydrogen-bond donors (Lipinski definition) is 2. The smallest absolute Gasteiger partial charge is 0.352 e. The van der Waals surface area contributed by atoms with E-state index < -0.39 is 5.69 Å². The molecule has 3 N–H and O–H groups in total. The van der Waals surface area contributed by atoms with E-state index in [1.165, 1.54) is 10.9 Å². The molecule has 2 rings (SSSR count). The molecule has 0 aromatic carbocycles. The molecule has 0 unspecified atom stereocenters. The molecular formula is C8H12N4O3. The minimum absolute atomic E-state index is 0.0335.